The number of nitrogens with zero attached hydrogens (tertiary/aromatic N) is 2. The van der Waals surface area contributed by atoms with E-state index in [1.165, 1.54) is 0 Å². The third-order valence-corrected chi connectivity index (χ3v) is 4.45. The van der Waals surface area contributed by atoms with E-state index < -0.39 is 5.54 Å². The fourth-order valence-electron chi connectivity index (χ4n) is 2.97. The molecular weight excluding hydrogens is 292 g/mol. The Morgan fingerprint density at radius 3 is 2.30 bits per heavy atom. The van der Waals surface area contributed by atoms with Crippen molar-refractivity contribution in [1.82, 2.24) is 10.2 Å². The highest BCUT2D eigenvalue weighted by molar-refractivity contribution is 6.06. The van der Waals surface area contributed by atoms with E-state index in [2.05, 4.69) is 24.2 Å². The Hall–Kier alpha value is -1.59. The van der Waals surface area contributed by atoms with Crippen molar-refractivity contribution in [3.05, 3.63) is 0 Å². The molecule has 0 radical (unpaired) electrons. The maximum atomic E-state index is 12.9. The molecule has 0 bridgehead atoms. The molecule has 6 heteroatoms. The third kappa shape index (κ3) is 5.22. The van der Waals surface area contributed by atoms with Crippen LogP contribution in [-0.4, -0.2) is 41.8 Å². The minimum atomic E-state index is -0.642. The van der Waals surface area contributed by atoms with E-state index in [-0.39, 0.29) is 11.8 Å². The van der Waals surface area contributed by atoms with E-state index in [0.717, 1.165) is 51.4 Å². The Labute approximate surface area is 139 Å². The molecule has 23 heavy (non-hydrogen) atoms. The van der Waals surface area contributed by atoms with Crippen LogP contribution in [0.3, 0.4) is 0 Å². The molecule has 0 unspecified atom stereocenters. The fourth-order valence-corrected chi connectivity index (χ4v) is 2.97. The van der Waals surface area contributed by atoms with Gasteiger partial charge in [-0.2, -0.15) is 0 Å². The number of amides is 2. The van der Waals surface area contributed by atoms with E-state index in [4.69, 9.17) is 5.73 Å². The molecule has 0 saturated carbocycles. The van der Waals surface area contributed by atoms with Gasteiger partial charge in [-0.05, 0) is 25.7 Å². The highest BCUT2D eigenvalue weighted by atomic mass is 16.2. The minimum absolute atomic E-state index is 0.0274. The van der Waals surface area contributed by atoms with Crippen LogP contribution in [0.1, 0.15) is 71.6 Å². The highest BCUT2D eigenvalue weighted by Crippen LogP contribution is 2.32. The quantitative estimate of drug-likeness (QED) is 0.571. The number of unbranched alkanes of at least 4 members (excludes halogenated alkanes) is 3. The van der Waals surface area contributed by atoms with Gasteiger partial charge in [0.2, 0.25) is 5.91 Å². The summed E-state index contributed by atoms with van der Waals surface area (Å²) in [5.41, 5.74) is 5.39. The van der Waals surface area contributed by atoms with Crippen LogP contribution in [0.15, 0.2) is 4.99 Å². The zero-order chi connectivity index (χ0) is 17.3. The van der Waals surface area contributed by atoms with Crippen LogP contribution >= 0.6 is 0 Å². The second-order valence-corrected chi connectivity index (χ2v) is 6.30. The van der Waals surface area contributed by atoms with Crippen LogP contribution in [0.25, 0.3) is 0 Å². The van der Waals surface area contributed by atoms with E-state index >= 15 is 0 Å². The lowest BCUT2D eigenvalue weighted by Crippen LogP contribution is -2.44. The van der Waals surface area contributed by atoms with Crippen molar-refractivity contribution in [3.63, 3.8) is 0 Å². The summed E-state index contributed by atoms with van der Waals surface area (Å²) in [5, 5.41) is 2.60. The zero-order valence-electron chi connectivity index (χ0n) is 14.9. The van der Waals surface area contributed by atoms with Crippen molar-refractivity contribution in [2.75, 3.05) is 13.6 Å². The molecule has 0 saturated heterocycles. The first-order valence-electron chi connectivity index (χ1n) is 8.88. The molecule has 1 aliphatic heterocycles. The molecule has 1 heterocycles. The van der Waals surface area contributed by atoms with Crippen molar-refractivity contribution in [3.8, 4) is 0 Å². The number of carbonyl (C=O) groups excluding carboxylic acids is 2. The van der Waals surface area contributed by atoms with Gasteiger partial charge < -0.3 is 11.1 Å². The smallest absolute Gasteiger partial charge is 0.257 e. The molecule has 0 aromatic heterocycles. The van der Waals surface area contributed by atoms with Gasteiger partial charge in [-0.25, -0.2) is 4.99 Å². The normalized spacial score (nSPS) is 16.6. The number of aliphatic imine (C=N–C) groups is 1. The van der Waals surface area contributed by atoms with Gasteiger partial charge >= 0.3 is 0 Å². The summed E-state index contributed by atoms with van der Waals surface area (Å²) < 4.78 is 0. The lowest BCUT2D eigenvalue weighted by molar-refractivity contribution is -0.131. The number of hydrogen-bond acceptors (Lipinski definition) is 4. The van der Waals surface area contributed by atoms with Gasteiger partial charge in [0.15, 0.2) is 5.96 Å². The number of nitrogens with one attached hydrogen (secondary N) is 1. The maximum absolute atomic E-state index is 12.9. The fraction of sp³-hybridized carbons (Fsp3) is 0.824. The second-order valence-electron chi connectivity index (χ2n) is 6.30. The molecule has 1 rings (SSSR count). The van der Waals surface area contributed by atoms with Crippen molar-refractivity contribution in [1.29, 1.82) is 0 Å². The topological polar surface area (TPSA) is 87.8 Å². The summed E-state index contributed by atoms with van der Waals surface area (Å²) in [6.45, 7) is 4.79. The van der Waals surface area contributed by atoms with Crippen LogP contribution in [0.5, 0.6) is 0 Å². The predicted octanol–water partition coefficient (Wildman–Crippen LogP) is 2.18. The standard InChI is InChI=1S/C17H32N4O2/c1-4-6-11-17(12-7-5-2)15(23)21(16(18)20-17)13-9-8-10-14(22)19-3/h4-13H2,1-3H3,(H2,18,20)(H,19,22). The predicted molar refractivity (Wildman–Crippen MR) is 93.0 cm³/mol. The summed E-state index contributed by atoms with van der Waals surface area (Å²) in [6.07, 6.45) is 7.58. The Kier molecular flexibility index (Phi) is 8.06. The summed E-state index contributed by atoms with van der Waals surface area (Å²) in [4.78, 5) is 30.3. The number of carbonyl (C=O) groups is 2. The molecule has 1 aliphatic rings. The number of nitrogens with two attached hydrogens (primary N) is 1. The van der Waals surface area contributed by atoms with Gasteiger partial charge in [0.25, 0.3) is 5.91 Å². The third-order valence-electron chi connectivity index (χ3n) is 4.45. The lowest BCUT2D eigenvalue weighted by atomic mass is 9.87. The molecule has 0 aromatic rings. The zero-order valence-corrected chi connectivity index (χ0v) is 14.9. The average molecular weight is 324 g/mol. The van der Waals surface area contributed by atoms with Crippen LogP contribution in [0.4, 0.5) is 0 Å². The lowest BCUT2D eigenvalue weighted by Gasteiger charge is -2.26. The monoisotopic (exact) mass is 324 g/mol. The number of hydrogen-bond donors (Lipinski definition) is 2. The Balaban J connectivity index is 2.64. The minimum Gasteiger partial charge on any atom is -0.369 e. The SMILES string of the molecule is CCCCC1(CCCC)N=C(N)N(CCCCC(=O)NC)C1=O. The first-order valence-corrected chi connectivity index (χ1v) is 8.88. The van der Waals surface area contributed by atoms with Gasteiger partial charge in [0.05, 0.1) is 0 Å². The molecule has 2 amide bonds. The second kappa shape index (κ2) is 9.53. The Morgan fingerprint density at radius 2 is 1.78 bits per heavy atom. The summed E-state index contributed by atoms with van der Waals surface area (Å²) in [7, 11) is 1.63. The van der Waals surface area contributed by atoms with E-state index in [1.54, 1.807) is 11.9 Å². The van der Waals surface area contributed by atoms with Crippen molar-refractivity contribution < 1.29 is 9.59 Å². The van der Waals surface area contributed by atoms with Crippen molar-refractivity contribution in [2.45, 2.75) is 77.2 Å². The molecule has 0 fully saturated rings. The molecule has 6 nitrogen and oxygen atoms in total. The Morgan fingerprint density at radius 1 is 1.17 bits per heavy atom. The van der Waals surface area contributed by atoms with Gasteiger partial charge in [0, 0.05) is 20.0 Å². The van der Waals surface area contributed by atoms with Crippen LogP contribution < -0.4 is 11.1 Å². The number of guanidine groups is 1. The molecule has 0 atom stereocenters. The van der Waals surface area contributed by atoms with E-state index in [1.807, 2.05) is 0 Å². The van der Waals surface area contributed by atoms with E-state index in [0.29, 0.717) is 18.9 Å². The summed E-state index contributed by atoms with van der Waals surface area (Å²) in [5.74, 6) is 0.429. The molecule has 132 valence electrons. The van der Waals surface area contributed by atoms with Gasteiger partial charge in [-0.15, -0.1) is 0 Å². The van der Waals surface area contributed by atoms with Gasteiger partial charge in [-0.3, -0.25) is 14.5 Å². The maximum Gasteiger partial charge on any atom is 0.257 e. The Bertz CT molecular complexity index is 426. The molecule has 0 spiro atoms. The summed E-state index contributed by atoms with van der Waals surface area (Å²) in [6, 6.07) is 0. The number of rotatable bonds is 11. The average Bonchev–Trinajstić information content (AvgIpc) is 2.78. The van der Waals surface area contributed by atoms with Crippen LogP contribution in [0.2, 0.25) is 0 Å². The highest BCUT2D eigenvalue weighted by Gasteiger charge is 2.46. The summed E-state index contributed by atoms with van der Waals surface area (Å²) >= 11 is 0. The first-order chi connectivity index (χ1) is 11.0. The van der Waals surface area contributed by atoms with E-state index in [9.17, 15) is 9.59 Å². The van der Waals surface area contributed by atoms with Crippen molar-refractivity contribution >= 4 is 17.8 Å². The first kappa shape index (κ1) is 19.5. The van der Waals surface area contributed by atoms with Gasteiger partial charge in [-0.1, -0.05) is 39.5 Å². The van der Waals surface area contributed by atoms with Crippen molar-refractivity contribution in [2.24, 2.45) is 10.7 Å². The molecule has 0 aliphatic carbocycles. The van der Waals surface area contributed by atoms with Crippen LogP contribution in [-0.2, 0) is 9.59 Å². The largest absolute Gasteiger partial charge is 0.369 e. The molecule has 0 aromatic carbocycles. The molecule has 3 N–H and O–H groups in total. The van der Waals surface area contributed by atoms with Gasteiger partial charge in [0.1, 0.15) is 5.54 Å². The molecular formula is C17H32N4O2. The van der Waals surface area contributed by atoms with Crippen LogP contribution in [0, 0.1) is 0 Å².